The number of rotatable bonds is 2. The molecule has 0 atom stereocenters. The molecule has 0 saturated carbocycles. The molecule has 0 aliphatic carbocycles. The summed E-state index contributed by atoms with van der Waals surface area (Å²) >= 11 is 2.76. The number of benzene rings is 1. The normalized spacial score (nSPS) is 12.0. The fraction of sp³-hybridized carbons (Fsp3) is 0.100. The van der Waals surface area contributed by atoms with Crippen molar-refractivity contribution < 1.29 is 23.1 Å². The van der Waals surface area contributed by atoms with Crippen LogP contribution in [0, 0.1) is 0 Å². The van der Waals surface area contributed by atoms with E-state index in [0.717, 1.165) is 18.2 Å². The lowest BCUT2D eigenvalue weighted by Gasteiger charge is -2.13. The first-order valence-corrected chi connectivity index (χ1v) is 5.08. The van der Waals surface area contributed by atoms with Crippen LogP contribution in [0.2, 0.25) is 0 Å². The predicted octanol–water partition coefficient (Wildman–Crippen LogP) is 3.15. The van der Waals surface area contributed by atoms with Crippen LogP contribution >= 0.6 is 15.9 Å². The van der Waals surface area contributed by atoms with Gasteiger partial charge in [0.25, 0.3) is 0 Å². The fourth-order valence-electron chi connectivity index (χ4n) is 1.24. The van der Waals surface area contributed by atoms with Crippen LogP contribution in [0.3, 0.4) is 0 Å². The lowest BCUT2D eigenvalue weighted by molar-refractivity contribution is -0.138. The molecule has 0 aliphatic rings. The van der Waals surface area contributed by atoms with Crippen molar-refractivity contribution in [3.63, 3.8) is 0 Å². The lowest BCUT2D eigenvalue weighted by atomic mass is 10.1. The SMILES string of the molecule is Nc1cc(Br)c(C(F)(F)F)c(/C=C/C(=O)O)c1. The maximum Gasteiger partial charge on any atom is 0.418 e. The summed E-state index contributed by atoms with van der Waals surface area (Å²) in [5, 5.41) is 8.40. The molecular weight excluding hydrogens is 303 g/mol. The minimum absolute atomic E-state index is 0.106. The molecule has 1 aromatic rings. The van der Waals surface area contributed by atoms with Gasteiger partial charge in [-0.25, -0.2) is 4.79 Å². The van der Waals surface area contributed by atoms with Crippen LogP contribution in [-0.4, -0.2) is 11.1 Å². The first-order chi connectivity index (χ1) is 7.71. The van der Waals surface area contributed by atoms with Crippen molar-refractivity contribution in [3.05, 3.63) is 33.8 Å². The number of alkyl halides is 3. The molecule has 0 heterocycles. The number of hydrogen-bond donors (Lipinski definition) is 2. The van der Waals surface area contributed by atoms with Crippen molar-refractivity contribution in [2.75, 3.05) is 5.73 Å². The number of carbonyl (C=O) groups is 1. The molecule has 0 aliphatic heterocycles. The number of aliphatic carboxylic acids is 1. The molecule has 3 nitrogen and oxygen atoms in total. The lowest BCUT2D eigenvalue weighted by Crippen LogP contribution is -2.09. The highest BCUT2D eigenvalue weighted by Crippen LogP contribution is 2.39. The Morgan fingerprint density at radius 3 is 2.47 bits per heavy atom. The highest BCUT2D eigenvalue weighted by Gasteiger charge is 2.35. The van der Waals surface area contributed by atoms with Crippen LogP contribution in [0.5, 0.6) is 0 Å². The van der Waals surface area contributed by atoms with E-state index < -0.39 is 17.7 Å². The molecule has 7 heteroatoms. The van der Waals surface area contributed by atoms with E-state index in [1.165, 1.54) is 0 Å². The van der Waals surface area contributed by atoms with Gasteiger partial charge >= 0.3 is 12.1 Å². The number of carboxylic acid groups (broad SMARTS) is 1. The zero-order valence-electron chi connectivity index (χ0n) is 8.25. The van der Waals surface area contributed by atoms with Gasteiger partial charge in [-0.2, -0.15) is 13.2 Å². The monoisotopic (exact) mass is 309 g/mol. The van der Waals surface area contributed by atoms with E-state index in [1.807, 2.05) is 0 Å². The van der Waals surface area contributed by atoms with Crippen LogP contribution in [0.25, 0.3) is 6.08 Å². The molecule has 0 radical (unpaired) electrons. The Morgan fingerprint density at radius 2 is 2.00 bits per heavy atom. The standard InChI is InChI=1S/C10H7BrF3NO2/c11-7-4-6(15)3-5(1-2-8(16)17)9(7)10(12,13)14/h1-4H,15H2,(H,16,17)/b2-1+. The molecule has 0 fully saturated rings. The van der Waals surface area contributed by atoms with Crippen molar-refractivity contribution in [1.82, 2.24) is 0 Å². The smallest absolute Gasteiger partial charge is 0.418 e. The van der Waals surface area contributed by atoms with Gasteiger partial charge < -0.3 is 10.8 Å². The fourth-order valence-corrected chi connectivity index (χ4v) is 1.96. The van der Waals surface area contributed by atoms with Crippen LogP contribution in [0.15, 0.2) is 22.7 Å². The molecule has 92 valence electrons. The van der Waals surface area contributed by atoms with Gasteiger partial charge in [-0.05, 0) is 23.8 Å². The third-order valence-corrected chi connectivity index (χ3v) is 2.46. The number of hydrogen-bond acceptors (Lipinski definition) is 2. The molecule has 1 rings (SSSR count). The van der Waals surface area contributed by atoms with Crippen molar-refractivity contribution in [1.29, 1.82) is 0 Å². The molecule has 0 unspecified atom stereocenters. The van der Waals surface area contributed by atoms with Crippen LogP contribution in [0.1, 0.15) is 11.1 Å². The summed E-state index contributed by atoms with van der Waals surface area (Å²) in [5.41, 5.74) is 4.25. The Bertz CT molecular complexity index is 483. The Hall–Kier alpha value is -1.50. The molecule has 17 heavy (non-hydrogen) atoms. The maximum absolute atomic E-state index is 12.7. The van der Waals surface area contributed by atoms with Gasteiger partial charge in [0.05, 0.1) is 5.56 Å². The van der Waals surface area contributed by atoms with Crippen LogP contribution in [0.4, 0.5) is 18.9 Å². The van der Waals surface area contributed by atoms with E-state index in [0.29, 0.717) is 6.08 Å². The van der Waals surface area contributed by atoms with Crippen molar-refractivity contribution in [3.8, 4) is 0 Å². The summed E-state index contributed by atoms with van der Waals surface area (Å²) < 4.78 is 37.9. The van der Waals surface area contributed by atoms with Gasteiger partial charge in [-0.15, -0.1) is 0 Å². The Kier molecular flexibility index (Phi) is 3.82. The summed E-state index contributed by atoms with van der Waals surface area (Å²) in [7, 11) is 0. The molecule has 3 N–H and O–H groups in total. The zero-order chi connectivity index (χ0) is 13.2. The Balaban J connectivity index is 3.41. The first kappa shape index (κ1) is 13.6. The summed E-state index contributed by atoms with van der Waals surface area (Å²) in [6, 6.07) is 2.17. The van der Waals surface area contributed by atoms with E-state index >= 15 is 0 Å². The number of nitrogen functional groups attached to an aromatic ring is 1. The van der Waals surface area contributed by atoms with Gasteiger partial charge in [0.2, 0.25) is 0 Å². The highest BCUT2D eigenvalue weighted by molar-refractivity contribution is 9.10. The van der Waals surface area contributed by atoms with E-state index in [4.69, 9.17) is 10.8 Å². The minimum atomic E-state index is -4.59. The summed E-state index contributed by atoms with van der Waals surface area (Å²) in [6.07, 6.45) is -3.12. The number of carboxylic acids is 1. The molecule has 0 bridgehead atoms. The second-order valence-corrected chi connectivity index (χ2v) is 3.99. The van der Waals surface area contributed by atoms with E-state index in [-0.39, 0.29) is 15.7 Å². The van der Waals surface area contributed by atoms with Crippen LogP contribution < -0.4 is 5.73 Å². The molecule has 0 amide bonds. The van der Waals surface area contributed by atoms with Gasteiger partial charge in [0.15, 0.2) is 0 Å². The molecule has 0 saturated heterocycles. The largest absolute Gasteiger partial charge is 0.478 e. The molecular formula is C10H7BrF3NO2. The number of nitrogens with two attached hydrogens (primary N) is 1. The average molecular weight is 310 g/mol. The average Bonchev–Trinajstić information content (AvgIpc) is 2.10. The van der Waals surface area contributed by atoms with Gasteiger partial charge in [-0.3, -0.25) is 0 Å². The van der Waals surface area contributed by atoms with Crippen LogP contribution in [-0.2, 0) is 11.0 Å². The topological polar surface area (TPSA) is 63.3 Å². The Morgan fingerprint density at radius 1 is 1.41 bits per heavy atom. The van der Waals surface area contributed by atoms with E-state index in [1.54, 1.807) is 0 Å². The van der Waals surface area contributed by atoms with Gasteiger partial charge in [-0.1, -0.05) is 15.9 Å². The quantitative estimate of drug-likeness (QED) is 0.651. The summed E-state index contributed by atoms with van der Waals surface area (Å²) in [6.45, 7) is 0. The van der Waals surface area contributed by atoms with Crippen molar-refractivity contribution >= 4 is 33.7 Å². The van der Waals surface area contributed by atoms with Gasteiger partial charge in [0, 0.05) is 16.2 Å². The predicted molar refractivity (Wildman–Crippen MR) is 60.2 cm³/mol. The summed E-state index contributed by atoms with van der Waals surface area (Å²) in [5.74, 6) is -1.34. The van der Waals surface area contributed by atoms with Crippen molar-refractivity contribution in [2.45, 2.75) is 6.18 Å². The molecule has 0 spiro atoms. The second kappa shape index (κ2) is 4.79. The van der Waals surface area contributed by atoms with E-state index in [2.05, 4.69) is 15.9 Å². The van der Waals surface area contributed by atoms with E-state index in [9.17, 15) is 18.0 Å². The number of halogens is 4. The maximum atomic E-state index is 12.7. The van der Waals surface area contributed by atoms with Crippen molar-refractivity contribution in [2.24, 2.45) is 0 Å². The third kappa shape index (κ3) is 3.48. The molecule has 0 aromatic heterocycles. The first-order valence-electron chi connectivity index (χ1n) is 4.29. The molecule has 1 aromatic carbocycles. The third-order valence-electron chi connectivity index (χ3n) is 1.83. The Labute approximate surface area is 103 Å². The summed E-state index contributed by atoms with van der Waals surface area (Å²) in [4.78, 5) is 10.3. The number of anilines is 1. The van der Waals surface area contributed by atoms with Gasteiger partial charge in [0.1, 0.15) is 0 Å². The minimum Gasteiger partial charge on any atom is -0.478 e. The zero-order valence-corrected chi connectivity index (χ0v) is 9.84. The second-order valence-electron chi connectivity index (χ2n) is 3.14. The highest BCUT2D eigenvalue weighted by atomic mass is 79.9.